The minimum atomic E-state index is -2.08. The second-order valence-corrected chi connectivity index (χ2v) is 3.21. The lowest BCUT2D eigenvalue weighted by Gasteiger charge is -2.10. The van der Waals surface area contributed by atoms with Crippen LogP contribution in [-0.2, 0) is 0 Å². The Bertz CT molecular complexity index is 116. The van der Waals surface area contributed by atoms with Crippen LogP contribution in [0, 0.1) is 11.3 Å². The Morgan fingerprint density at radius 3 is 2.00 bits per heavy atom. The fraction of sp³-hybridized carbons (Fsp3) is 1.00. The number of alkyl halides is 2. The molecule has 0 nitrogen and oxygen atoms in total. The highest BCUT2D eigenvalue weighted by molar-refractivity contribution is 5.01. The Morgan fingerprint density at radius 2 is 1.90 bits per heavy atom. The summed E-state index contributed by atoms with van der Waals surface area (Å²) in [6, 6.07) is 0. The van der Waals surface area contributed by atoms with Crippen LogP contribution >= 0.6 is 0 Å². The van der Waals surface area contributed by atoms with Gasteiger partial charge in [-0.1, -0.05) is 13.8 Å². The predicted octanol–water partition coefficient (Wildman–Crippen LogP) is 3.08. The van der Waals surface area contributed by atoms with Crippen molar-refractivity contribution in [1.29, 1.82) is 0 Å². The maximum atomic E-state index is 12.1. The maximum Gasteiger partial charge on any atom is 0.241 e. The number of hydrogen-bond acceptors (Lipinski definition) is 0. The largest absolute Gasteiger partial charge is 0.241 e. The van der Waals surface area contributed by atoms with Gasteiger partial charge in [-0.15, -0.1) is 0 Å². The first kappa shape index (κ1) is 7.96. The van der Waals surface area contributed by atoms with Gasteiger partial charge < -0.3 is 0 Å². The van der Waals surface area contributed by atoms with Crippen LogP contribution in [0.5, 0.6) is 0 Å². The highest BCUT2D eigenvalue weighted by Gasteiger charge is 2.55. The zero-order valence-corrected chi connectivity index (χ0v) is 6.53. The Balaban J connectivity index is 2.45. The second-order valence-electron chi connectivity index (χ2n) is 3.21. The van der Waals surface area contributed by atoms with E-state index in [9.17, 15) is 8.78 Å². The molecule has 0 spiro atoms. The summed E-state index contributed by atoms with van der Waals surface area (Å²) in [5.74, 6) is -0.289. The molecule has 0 saturated heterocycles. The molecular formula is C8H14F2. The Hall–Kier alpha value is -0.140. The van der Waals surface area contributed by atoms with Crippen LogP contribution in [0.15, 0.2) is 0 Å². The fourth-order valence-electron chi connectivity index (χ4n) is 1.80. The van der Waals surface area contributed by atoms with E-state index < -0.39 is 6.43 Å². The fourth-order valence-corrected chi connectivity index (χ4v) is 1.80. The Kier molecular flexibility index (Phi) is 1.97. The molecule has 1 aliphatic carbocycles. The normalized spacial score (nSPS) is 29.1. The highest BCUT2D eigenvalue weighted by Crippen LogP contribution is 2.60. The molecular weight excluding hydrogens is 134 g/mol. The zero-order valence-electron chi connectivity index (χ0n) is 6.53. The first-order valence-corrected chi connectivity index (χ1v) is 3.94. The van der Waals surface area contributed by atoms with Crippen LogP contribution in [0.2, 0.25) is 0 Å². The van der Waals surface area contributed by atoms with E-state index in [2.05, 4.69) is 0 Å². The van der Waals surface area contributed by atoms with Crippen molar-refractivity contribution in [3.63, 3.8) is 0 Å². The lowest BCUT2D eigenvalue weighted by Crippen LogP contribution is -2.06. The predicted molar refractivity (Wildman–Crippen MR) is 37.1 cm³/mol. The molecule has 1 saturated carbocycles. The van der Waals surface area contributed by atoms with E-state index in [0.717, 1.165) is 19.3 Å². The van der Waals surface area contributed by atoms with Crippen LogP contribution in [0.25, 0.3) is 0 Å². The first-order valence-electron chi connectivity index (χ1n) is 3.94. The molecule has 1 unspecified atom stereocenters. The van der Waals surface area contributed by atoms with Crippen molar-refractivity contribution in [2.45, 2.75) is 39.5 Å². The third kappa shape index (κ3) is 1.04. The van der Waals surface area contributed by atoms with Gasteiger partial charge in [-0.3, -0.25) is 0 Å². The van der Waals surface area contributed by atoms with Crippen molar-refractivity contribution in [2.24, 2.45) is 11.3 Å². The molecule has 0 aromatic rings. The molecule has 1 atom stereocenters. The molecule has 0 aromatic heterocycles. The van der Waals surface area contributed by atoms with Crippen molar-refractivity contribution in [2.75, 3.05) is 0 Å². The maximum absolute atomic E-state index is 12.1. The van der Waals surface area contributed by atoms with Gasteiger partial charge in [0.25, 0.3) is 0 Å². The lowest BCUT2D eigenvalue weighted by atomic mass is 9.97. The average Bonchev–Trinajstić information content (AvgIpc) is 2.63. The summed E-state index contributed by atoms with van der Waals surface area (Å²) in [6.45, 7) is 4.01. The van der Waals surface area contributed by atoms with Crippen LogP contribution in [0.1, 0.15) is 33.1 Å². The molecule has 60 valence electrons. The summed E-state index contributed by atoms with van der Waals surface area (Å²) < 4.78 is 24.2. The minimum Gasteiger partial charge on any atom is -0.210 e. The van der Waals surface area contributed by atoms with Crippen LogP contribution in [0.4, 0.5) is 8.78 Å². The molecule has 0 heterocycles. The van der Waals surface area contributed by atoms with E-state index in [1.54, 1.807) is 0 Å². The van der Waals surface area contributed by atoms with Crippen molar-refractivity contribution in [3.8, 4) is 0 Å². The molecule has 0 N–H and O–H groups in total. The third-order valence-corrected chi connectivity index (χ3v) is 2.97. The molecule has 2 heteroatoms. The standard InChI is InChI=1S/C8H14F2/c1-3-8(4-2)5-6(8)7(9)10/h6-7H,3-5H2,1-2H3. The van der Waals surface area contributed by atoms with Gasteiger partial charge in [-0.05, 0) is 24.7 Å². The summed E-state index contributed by atoms with van der Waals surface area (Å²) >= 11 is 0. The third-order valence-electron chi connectivity index (χ3n) is 2.97. The van der Waals surface area contributed by atoms with Gasteiger partial charge in [-0.2, -0.15) is 0 Å². The number of hydrogen-bond donors (Lipinski definition) is 0. The molecule has 1 fully saturated rings. The van der Waals surface area contributed by atoms with Gasteiger partial charge in [0.1, 0.15) is 0 Å². The zero-order chi connectivity index (χ0) is 7.78. The molecule has 1 aliphatic rings. The van der Waals surface area contributed by atoms with Crippen LogP contribution in [-0.4, -0.2) is 6.43 Å². The van der Waals surface area contributed by atoms with Gasteiger partial charge in [0.2, 0.25) is 6.43 Å². The SMILES string of the molecule is CCC1(CC)CC1C(F)F. The number of halogens is 2. The number of rotatable bonds is 3. The van der Waals surface area contributed by atoms with Gasteiger partial charge in [0.15, 0.2) is 0 Å². The summed E-state index contributed by atoms with van der Waals surface area (Å²) in [6.07, 6.45) is 0.495. The first-order chi connectivity index (χ1) is 4.66. The summed E-state index contributed by atoms with van der Waals surface area (Å²) in [5.41, 5.74) is 0.0220. The van der Waals surface area contributed by atoms with Gasteiger partial charge in [0, 0.05) is 5.92 Å². The lowest BCUT2D eigenvalue weighted by molar-refractivity contribution is 0.101. The molecule has 0 amide bonds. The molecule has 1 rings (SSSR count). The van der Waals surface area contributed by atoms with Crippen molar-refractivity contribution < 1.29 is 8.78 Å². The summed E-state index contributed by atoms with van der Waals surface area (Å²) in [5, 5.41) is 0. The van der Waals surface area contributed by atoms with Gasteiger partial charge in [-0.25, -0.2) is 8.78 Å². The van der Waals surface area contributed by atoms with E-state index in [1.807, 2.05) is 13.8 Å². The van der Waals surface area contributed by atoms with Gasteiger partial charge >= 0.3 is 0 Å². The van der Waals surface area contributed by atoms with Crippen molar-refractivity contribution >= 4 is 0 Å². The van der Waals surface area contributed by atoms with E-state index in [0.29, 0.717) is 0 Å². The van der Waals surface area contributed by atoms with E-state index in [4.69, 9.17) is 0 Å². The highest BCUT2D eigenvalue weighted by atomic mass is 19.3. The summed E-state index contributed by atoms with van der Waals surface area (Å²) in [4.78, 5) is 0. The minimum absolute atomic E-state index is 0.0220. The molecule has 0 aromatic carbocycles. The van der Waals surface area contributed by atoms with Crippen LogP contribution in [0.3, 0.4) is 0 Å². The Labute approximate surface area is 60.6 Å². The van der Waals surface area contributed by atoms with Crippen LogP contribution < -0.4 is 0 Å². The molecule has 10 heavy (non-hydrogen) atoms. The topological polar surface area (TPSA) is 0 Å². The summed E-state index contributed by atoms with van der Waals surface area (Å²) in [7, 11) is 0. The average molecular weight is 148 g/mol. The van der Waals surface area contributed by atoms with Gasteiger partial charge in [0.05, 0.1) is 0 Å². The van der Waals surface area contributed by atoms with E-state index in [-0.39, 0.29) is 11.3 Å². The van der Waals surface area contributed by atoms with E-state index >= 15 is 0 Å². The van der Waals surface area contributed by atoms with E-state index in [1.165, 1.54) is 0 Å². The van der Waals surface area contributed by atoms with Crippen molar-refractivity contribution in [1.82, 2.24) is 0 Å². The molecule has 0 aliphatic heterocycles. The molecule has 0 radical (unpaired) electrons. The quantitative estimate of drug-likeness (QED) is 0.577. The second kappa shape index (κ2) is 2.48. The smallest absolute Gasteiger partial charge is 0.210 e. The van der Waals surface area contributed by atoms with Crippen molar-refractivity contribution in [3.05, 3.63) is 0 Å². The monoisotopic (exact) mass is 148 g/mol. The Morgan fingerprint density at radius 1 is 1.40 bits per heavy atom. The molecule has 0 bridgehead atoms.